The third-order valence-corrected chi connectivity index (χ3v) is 7.71. The van der Waals surface area contributed by atoms with Crippen LogP contribution in [0.5, 0.6) is 0 Å². The van der Waals surface area contributed by atoms with Crippen molar-refractivity contribution in [2.75, 3.05) is 46.0 Å². The molecule has 166 valence electrons. The Kier molecular flexibility index (Phi) is 6.41. The zero-order valence-corrected chi connectivity index (χ0v) is 19.0. The first-order chi connectivity index (χ1) is 14.8. The van der Waals surface area contributed by atoms with E-state index in [1.54, 1.807) is 6.20 Å². The lowest BCUT2D eigenvalue weighted by Crippen LogP contribution is -2.49. The van der Waals surface area contributed by atoms with Crippen LogP contribution in [-0.2, 0) is 10.0 Å². The van der Waals surface area contributed by atoms with Gasteiger partial charge < -0.3 is 9.80 Å². The zero-order chi connectivity index (χ0) is 22.0. The lowest BCUT2D eigenvalue weighted by molar-refractivity contribution is 0.0497. The minimum Gasteiger partial charge on any atom is -0.329 e. The van der Waals surface area contributed by atoms with Crippen LogP contribution in [0.4, 0.5) is 0 Å². The molecular formula is C23H30N4O3S. The molecule has 2 saturated heterocycles. The Morgan fingerprint density at radius 1 is 1.00 bits per heavy atom. The standard InChI is InChI=1S/C23H30N4O3S/c1-25-14-15-27(22(17-25)19-6-4-3-5-7-19)23(28)20-8-9-21(24-16-20)18-10-12-26(13-11-18)31(2,29)30/h3-9,16,18,22H,10-15,17H2,1-2H3. The van der Waals surface area contributed by atoms with Crippen molar-refractivity contribution in [3.05, 3.63) is 65.5 Å². The highest BCUT2D eigenvalue weighted by Gasteiger charge is 2.31. The van der Waals surface area contributed by atoms with Crippen molar-refractivity contribution < 1.29 is 13.2 Å². The third kappa shape index (κ3) is 4.97. The maximum atomic E-state index is 13.3. The highest BCUT2D eigenvalue weighted by molar-refractivity contribution is 7.88. The number of piperidine rings is 1. The maximum absolute atomic E-state index is 13.3. The first-order valence-corrected chi connectivity index (χ1v) is 12.6. The highest BCUT2D eigenvalue weighted by atomic mass is 32.2. The average Bonchev–Trinajstić information content (AvgIpc) is 2.79. The molecule has 7 nitrogen and oxygen atoms in total. The van der Waals surface area contributed by atoms with E-state index in [0.29, 0.717) is 25.2 Å². The van der Waals surface area contributed by atoms with Gasteiger partial charge in [0.15, 0.2) is 0 Å². The van der Waals surface area contributed by atoms with Gasteiger partial charge >= 0.3 is 0 Å². The number of pyridine rings is 1. The Hall–Kier alpha value is -2.29. The van der Waals surface area contributed by atoms with E-state index >= 15 is 0 Å². The van der Waals surface area contributed by atoms with Crippen molar-refractivity contribution in [3.63, 3.8) is 0 Å². The molecule has 8 heteroatoms. The fourth-order valence-electron chi connectivity index (χ4n) is 4.55. The third-order valence-electron chi connectivity index (χ3n) is 6.40. The van der Waals surface area contributed by atoms with Crippen LogP contribution in [0.2, 0.25) is 0 Å². The largest absolute Gasteiger partial charge is 0.329 e. The summed E-state index contributed by atoms with van der Waals surface area (Å²) in [6, 6.07) is 14.0. The van der Waals surface area contributed by atoms with Crippen LogP contribution in [0.25, 0.3) is 0 Å². The second-order valence-electron chi connectivity index (χ2n) is 8.60. The van der Waals surface area contributed by atoms with Gasteiger partial charge in [-0.3, -0.25) is 9.78 Å². The molecule has 1 atom stereocenters. The van der Waals surface area contributed by atoms with Crippen LogP contribution in [0.1, 0.15) is 46.4 Å². The molecule has 2 fully saturated rings. The fraction of sp³-hybridized carbons (Fsp3) is 0.478. The van der Waals surface area contributed by atoms with Crippen LogP contribution in [0.3, 0.4) is 0 Å². The van der Waals surface area contributed by atoms with Crippen LogP contribution >= 0.6 is 0 Å². The normalized spacial score (nSPS) is 21.9. The minimum absolute atomic E-state index is 0.00731. The number of hydrogen-bond acceptors (Lipinski definition) is 5. The van der Waals surface area contributed by atoms with Crippen molar-refractivity contribution in [2.24, 2.45) is 0 Å². The van der Waals surface area contributed by atoms with Gasteiger partial charge in [0.2, 0.25) is 10.0 Å². The number of sulfonamides is 1. The molecule has 0 radical (unpaired) electrons. The lowest BCUT2D eigenvalue weighted by Gasteiger charge is -2.40. The molecule has 3 heterocycles. The molecule has 0 N–H and O–H groups in total. The number of rotatable bonds is 4. The Bertz CT molecular complexity index is 1000. The Balaban J connectivity index is 1.46. The van der Waals surface area contributed by atoms with Gasteiger partial charge in [0.05, 0.1) is 17.9 Å². The summed E-state index contributed by atoms with van der Waals surface area (Å²) >= 11 is 0. The van der Waals surface area contributed by atoms with E-state index in [1.807, 2.05) is 35.2 Å². The summed E-state index contributed by atoms with van der Waals surface area (Å²) in [6.45, 7) is 3.37. The summed E-state index contributed by atoms with van der Waals surface area (Å²) in [7, 11) is -1.05. The number of amides is 1. The lowest BCUT2D eigenvalue weighted by atomic mass is 9.94. The van der Waals surface area contributed by atoms with E-state index in [0.717, 1.165) is 37.2 Å². The molecule has 1 aromatic carbocycles. The Morgan fingerprint density at radius 2 is 1.71 bits per heavy atom. The Morgan fingerprint density at radius 3 is 2.32 bits per heavy atom. The molecule has 2 aliphatic rings. The number of piperazine rings is 1. The molecule has 2 aliphatic heterocycles. The van der Waals surface area contributed by atoms with Gasteiger partial charge in [-0.25, -0.2) is 12.7 Å². The van der Waals surface area contributed by atoms with E-state index in [9.17, 15) is 13.2 Å². The van der Waals surface area contributed by atoms with Crippen molar-refractivity contribution >= 4 is 15.9 Å². The molecule has 1 aromatic heterocycles. The number of likely N-dealkylation sites (N-methyl/N-ethyl adjacent to an activating group) is 1. The van der Waals surface area contributed by atoms with Crippen LogP contribution < -0.4 is 0 Å². The first-order valence-electron chi connectivity index (χ1n) is 10.8. The van der Waals surface area contributed by atoms with Crippen molar-refractivity contribution in [1.82, 2.24) is 19.1 Å². The molecule has 31 heavy (non-hydrogen) atoms. The molecule has 0 saturated carbocycles. The van der Waals surface area contributed by atoms with E-state index in [-0.39, 0.29) is 17.9 Å². The molecule has 4 rings (SSSR count). The van der Waals surface area contributed by atoms with E-state index in [1.165, 1.54) is 10.6 Å². The molecule has 0 spiro atoms. The summed E-state index contributed by atoms with van der Waals surface area (Å²) in [5.41, 5.74) is 2.68. The van der Waals surface area contributed by atoms with Gasteiger partial charge in [0, 0.05) is 50.5 Å². The summed E-state index contributed by atoms with van der Waals surface area (Å²) in [5, 5.41) is 0. The van der Waals surface area contributed by atoms with Gasteiger partial charge in [-0.15, -0.1) is 0 Å². The summed E-state index contributed by atoms with van der Waals surface area (Å²) < 4.78 is 25.0. The summed E-state index contributed by atoms with van der Waals surface area (Å²) in [5.74, 6) is 0.232. The fourth-order valence-corrected chi connectivity index (χ4v) is 5.42. The molecule has 0 aliphatic carbocycles. The van der Waals surface area contributed by atoms with Crippen LogP contribution in [0.15, 0.2) is 48.7 Å². The first kappa shape index (κ1) is 21.9. The average molecular weight is 443 g/mol. The second-order valence-corrected chi connectivity index (χ2v) is 10.6. The number of benzene rings is 1. The van der Waals surface area contributed by atoms with E-state index in [4.69, 9.17) is 0 Å². The van der Waals surface area contributed by atoms with E-state index in [2.05, 4.69) is 29.1 Å². The van der Waals surface area contributed by atoms with Gasteiger partial charge in [0.1, 0.15) is 0 Å². The molecule has 2 aromatic rings. The minimum atomic E-state index is -3.13. The quantitative estimate of drug-likeness (QED) is 0.727. The Labute approximate surface area is 184 Å². The predicted molar refractivity (Wildman–Crippen MR) is 120 cm³/mol. The van der Waals surface area contributed by atoms with Gasteiger partial charge in [-0.05, 0) is 37.6 Å². The van der Waals surface area contributed by atoms with Gasteiger partial charge in [-0.2, -0.15) is 0 Å². The van der Waals surface area contributed by atoms with E-state index < -0.39 is 10.0 Å². The highest BCUT2D eigenvalue weighted by Crippen LogP contribution is 2.29. The van der Waals surface area contributed by atoms with Crippen LogP contribution in [0, 0.1) is 0 Å². The van der Waals surface area contributed by atoms with Crippen molar-refractivity contribution in [2.45, 2.75) is 24.8 Å². The summed E-state index contributed by atoms with van der Waals surface area (Å²) in [6.07, 6.45) is 4.44. The smallest absolute Gasteiger partial charge is 0.256 e. The zero-order valence-electron chi connectivity index (χ0n) is 18.1. The van der Waals surface area contributed by atoms with Crippen molar-refractivity contribution in [1.29, 1.82) is 0 Å². The number of aromatic nitrogens is 1. The molecule has 1 unspecified atom stereocenters. The number of nitrogens with zero attached hydrogens (tertiary/aromatic N) is 4. The maximum Gasteiger partial charge on any atom is 0.256 e. The monoisotopic (exact) mass is 442 g/mol. The van der Waals surface area contributed by atoms with Gasteiger partial charge in [-0.1, -0.05) is 30.3 Å². The number of carbonyl (C=O) groups excluding carboxylic acids is 1. The topological polar surface area (TPSA) is 73.8 Å². The summed E-state index contributed by atoms with van der Waals surface area (Å²) in [4.78, 5) is 22.1. The second kappa shape index (κ2) is 9.06. The van der Waals surface area contributed by atoms with Crippen LogP contribution in [-0.4, -0.2) is 79.4 Å². The SMILES string of the molecule is CN1CCN(C(=O)c2ccc(C3CCN(S(C)(=O)=O)CC3)nc2)C(c2ccccc2)C1. The van der Waals surface area contributed by atoms with Gasteiger partial charge in [0.25, 0.3) is 5.91 Å². The number of hydrogen-bond donors (Lipinski definition) is 0. The molecular weight excluding hydrogens is 412 g/mol. The number of carbonyl (C=O) groups is 1. The van der Waals surface area contributed by atoms with Crippen molar-refractivity contribution in [3.8, 4) is 0 Å². The predicted octanol–water partition coefficient (Wildman–Crippen LogP) is 2.35. The molecule has 1 amide bonds. The molecule has 0 bridgehead atoms.